The SMILES string of the molecule is C=Cc1ccc(S(=O)(=O)N2CCN(CC(C)C)C(=O)C2)cc1. The van der Waals surface area contributed by atoms with Crippen LogP contribution < -0.4 is 0 Å². The molecule has 1 aromatic rings. The molecule has 0 N–H and O–H groups in total. The fourth-order valence-electron chi connectivity index (χ4n) is 2.45. The zero-order valence-electron chi connectivity index (χ0n) is 13.0. The number of sulfonamides is 1. The van der Waals surface area contributed by atoms with Crippen LogP contribution in [0.4, 0.5) is 0 Å². The van der Waals surface area contributed by atoms with Crippen molar-refractivity contribution in [2.75, 3.05) is 26.2 Å². The molecule has 1 aliphatic rings. The van der Waals surface area contributed by atoms with Crippen molar-refractivity contribution in [3.05, 3.63) is 36.4 Å². The second-order valence-corrected chi connectivity index (χ2v) is 7.78. The maximum absolute atomic E-state index is 12.6. The van der Waals surface area contributed by atoms with Gasteiger partial charge < -0.3 is 4.90 Å². The van der Waals surface area contributed by atoms with Gasteiger partial charge in [0.2, 0.25) is 15.9 Å². The quantitative estimate of drug-likeness (QED) is 0.831. The standard InChI is InChI=1S/C16H22N2O3S/c1-4-14-5-7-15(8-6-14)22(20,21)18-10-9-17(11-13(2)3)16(19)12-18/h4-8,13H,1,9-12H2,2-3H3. The van der Waals surface area contributed by atoms with Crippen LogP contribution in [0.5, 0.6) is 0 Å². The van der Waals surface area contributed by atoms with Crippen molar-refractivity contribution in [1.82, 2.24) is 9.21 Å². The van der Waals surface area contributed by atoms with E-state index in [-0.39, 0.29) is 17.3 Å². The van der Waals surface area contributed by atoms with Crippen LogP contribution in [-0.4, -0.2) is 49.7 Å². The van der Waals surface area contributed by atoms with E-state index in [0.29, 0.717) is 25.6 Å². The van der Waals surface area contributed by atoms with E-state index in [1.807, 2.05) is 13.8 Å². The Balaban J connectivity index is 2.14. The Morgan fingerprint density at radius 2 is 1.86 bits per heavy atom. The predicted molar refractivity (Wildman–Crippen MR) is 86.7 cm³/mol. The minimum absolute atomic E-state index is 0.0851. The molecule has 120 valence electrons. The smallest absolute Gasteiger partial charge is 0.243 e. The number of amides is 1. The number of nitrogens with zero attached hydrogens (tertiary/aromatic N) is 2. The van der Waals surface area contributed by atoms with Gasteiger partial charge in [0.15, 0.2) is 0 Å². The van der Waals surface area contributed by atoms with E-state index in [1.165, 1.54) is 4.31 Å². The number of carbonyl (C=O) groups excluding carboxylic acids is 1. The molecule has 0 spiro atoms. The summed E-state index contributed by atoms with van der Waals surface area (Å²) in [6, 6.07) is 6.52. The summed E-state index contributed by atoms with van der Waals surface area (Å²) in [4.78, 5) is 14.1. The molecule has 5 nitrogen and oxygen atoms in total. The Hall–Kier alpha value is -1.66. The summed E-state index contributed by atoms with van der Waals surface area (Å²) in [5.74, 6) is 0.241. The molecule has 1 amide bonds. The third-order valence-electron chi connectivity index (χ3n) is 3.62. The summed E-state index contributed by atoms with van der Waals surface area (Å²) in [6.07, 6.45) is 1.66. The Morgan fingerprint density at radius 3 is 2.36 bits per heavy atom. The molecule has 6 heteroatoms. The maximum atomic E-state index is 12.6. The van der Waals surface area contributed by atoms with Crippen molar-refractivity contribution in [3.63, 3.8) is 0 Å². The molecule has 1 aliphatic heterocycles. The lowest BCUT2D eigenvalue weighted by atomic mass is 10.2. The average Bonchev–Trinajstić information content (AvgIpc) is 2.49. The van der Waals surface area contributed by atoms with Crippen LogP contribution in [0.2, 0.25) is 0 Å². The first-order chi connectivity index (χ1) is 10.3. The van der Waals surface area contributed by atoms with Crippen LogP contribution >= 0.6 is 0 Å². The molecule has 0 unspecified atom stereocenters. The van der Waals surface area contributed by atoms with E-state index in [4.69, 9.17) is 0 Å². The van der Waals surface area contributed by atoms with E-state index < -0.39 is 10.0 Å². The highest BCUT2D eigenvalue weighted by atomic mass is 32.2. The monoisotopic (exact) mass is 322 g/mol. The summed E-state index contributed by atoms with van der Waals surface area (Å²) >= 11 is 0. The van der Waals surface area contributed by atoms with Gasteiger partial charge in [-0.15, -0.1) is 0 Å². The first-order valence-corrected chi connectivity index (χ1v) is 8.79. The van der Waals surface area contributed by atoms with Crippen LogP contribution in [-0.2, 0) is 14.8 Å². The third kappa shape index (κ3) is 3.56. The second kappa shape index (κ2) is 6.62. The molecule has 22 heavy (non-hydrogen) atoms. The Kier molecular flexibility index (Phi) is 5.03. The molecule has 1 saturated heterocycles. The predicted octanol–water partition coefficient (Wildman–Crippen LogP) is 1.82. The molecule has 1 fully saturated rings. The third-order valence-corrected chi connectivity index (χ3v) is 5.48. The van der Waals surface area contributed by atoms with Gasteiger partial charge in [0.05, 0.1) is 11.4 Å². The van der Waals surface area contributed by atoms with Gasteiger partial charge >= 0.3 is 0 Å². The minimum Gasteiger partial charge on any atom is -0.340 e. The van der Waals surface area contributed by atoms with E-state index in [1.54, 1.807) is 35.2 Å². The molecular weight excluding hydrogens is 300 g/mol. The Bertz CT molecular complexity index is 650. The molecule has 1 aromatic carbocycles. The van der Waals surface area contributed by atoms with Gasteiger partial charge in [-0.25, -0.2) is 8.42 Å². The summed E-state index contributed by atoms with van der Waals surface area (Å²) in [6.45, 7) is 9.09. The zero-order chi connectivity index (χ0) is 16.3. The van der Waals surface area contributed by atoms with Gasteiger partial charge in [0, 0.05) is 19.6 Å². The molecule has 0 saturated carbocycles. The number of benzene rings is 1. The fourth-order valence-corrected chi connectivity index (χ4v) is 3.83. The highest BCUT2D eigenvalue weighted by molar-refractivity contribution is 7.89. The molecule has 2 rings (SSSR count). The zero-order valence-corrected chi connectivity index (χ0v) is 13.8. The molecule has 0 aromatic heterocycles. The maximum Gasteiger partial charge on any atom is 0.243 e. The van der Waals surface area contributed by atoms with E-state index >= 15 is 0 Å². The van der Waals surface area contributed by atoms with Crippen LogP contribution in [0.3, 0.4) is 0 Å². The number of hydrogen-bond donors (Lipinski definition) is 0. The van der Waals surface area contributed by atoms with Crippen LogP contribution in [0, 0.1) is 5.92 Å². The molecular formula is C16H22N2O3S. The van der Waals surface area contributed by atoms with Gasteiger partial charge in [0.1, 0.15) is 0 Å². The van der Waals surface area contributed by atoms with Crippen molar-refractivity contribution in [3.8, 4) is 0 Å². The van der Waals surface area contributed by atoms with Crippen molar-refractivity contribution >= 4 is 22.0 Å². The topological polar surface area (TPSA) is 57.7 Å². The van der Waals surface area contributed by atoms with Gasteiger partial charge in [-0.2, -0.15) is 4.31 Å². The number of piperazine rings is 1. The van der Waals surface area contributed by atoms with Gasteiger partial charge in [-0.05, 0) is 23.6 Å². The first-order valence-electron chi connectivity index (χ1n) is 7.35. The van der Waals surface area contributed by atoms with Crippen LogP contribution in [0.25, 0.3) is 6.08 Å². The lowest BCUT2D eigenvalue weighted by Gasteiger charge is -2.34. The molecule has 0 aliphatic carbocycles. The number of carbonyl (C=O) groups is 1. The number of rotatable bonds is 5. The van der Waals surface area contributed by atoms with Gasteiger partial charge in [0.25, 0.3) is 0 Å². The van der Waals surface area contributed by atoms with Crippen LogP contribution in [0.1, 0.15) is 19.4 Å². The summed E-state index contributed by atoms with van der Waals surface area (Å²) in [5, 5.41) is 0. The highest BCUT2D eigenvalue weighted by Gasteiger charge is 2.32. The number of hydrogen-bond acceptors (Lipinski definition) is 3. The fraction of sp³-hybridized carbons (Fsp3) is 0.438. The lowest BCUT2D eigenvalue weighted by molar-refractivity contribution is -0.134. The van der Waals surface area contributed by atoms with E-state index in [0.717, 1.165) is 5.56 Å². The molecule has 0 radical (unpaired) electrons. The highest BCUT2D eigenvalue weighted by Crippen LogP contribution is 2.19. The van der Waals surface area contributed by atoms with Crippen molar-refractivity contribution in [2.45, 2.75) is 18.7 Å². The van der Waals surface area contributed by atoms with Crippen molar-refractivity contribution < 1.29 is 13.2 Å². The normalized spacial score (nSPS) is 17.0. The van der Waals surface area contributed by atoms with Crippen molar-refractivity contribution in [2.24, 2.45) is 5.92 Å². The molecule has 0 bridgehead atoms. The van der Waals surface area contributed by atoms with Crippen LogP contribution in [0.15, 0.2) is 35.7 Å². The average molecular weight is 322 g/mol. The Morgan fingerprint density at radius 1 is 1.23 bits per heavy atom. The summed E-state index contributed by atoms with van der Waals surface area (Å²) in [7, 11) is -3.62. The van der Waals surface area contributed by atoms with Crippen molar-refractivity contribution in [1.29, 1.82) is 0 Å². The molecule has 0 atom stereocenters. The largest absolute Gasteiger partial charge is 0.340 e. The van der Waals surface area contributed by atoms with E-state index in [9.17, 15) is 13.2 Å². The van der Waals surface area contributed by atoms with Gasteiger partial charge in [-0.3, -0.25) is 4.79 Å². The summed E-state index contributed by atoms with van der Waals surface area (Å²) < 4.78 is 26.4. The van der Waals surface area contributed by atoms with Gasteiger partial charge in [-0.1, -0.05) is 38.6 Å². The second-order valence-electron chi connectivity index (χ2n) is 5.85. The first kappa shape index (κ1) is 16.7. The Labute approximate surface area is 132 Å². The minimum atomic E-state index is -3.62. The van der Waals surface area contributed by atoms with E-state index in [2.05, 4.69) is 6.58 Å². The molecule has 1 heterocycles. The summed E-state index contributed by atoms with van der Waals surface area (Å²) in [5.41, 5.74) is 0.858. The lowest BCUT2D eigenvalue weighted by Crippen LogP contribution is -2.52.